The Kier molecular flexibility index (Phi) is 9.45. The van der Waals surface area contributed by atoms with Crippen LogP contribution in [0.15, 0.2) is 30.3 Å². The summed E-state index contributed by atoms with van der Waals surface area (Å²) in [7, 11) is 0. The average molecular weight is 449 g/mol. The van der Waals surface area contributed by atoms with Gasteiger partial charge in [0.2, 0.25) is 11.8 Å². The standard InChI is InChI=1S/C22H32N4O6/c1-14(2)12-17(20(28)23-15(3)19(27)25-31)24-21(29)18-10-7-11-26(18)22(30)32-13-16-8-5-4-6-9-16/h4-6,8-9,14-15,17-18,31H,7,10-13H2,1-3H3,(H,23,28)(H,24,29)(H,25,27)/t15-,17+,18+/m1/s1. The fraction of sp³-hybridized carbons (Fsp3) is 0.545. The van der Waals surface area contributed by atoms with Crippen molar-refractivity contribution in [3.63, 3.8) is 0 Å². The first-order valence-corrected chi connectivity index (χ1v) is 10.7. The number of nitrogens with zero attached hydrogens (tertiary/aromatic N) is 1. The van der Waals surface area contributed by atoms with Crippen LogP contribution in [-0.4, -0.2) is 58.6 Å². The second-order valence-corrected chi connectivity index (χ2v) is 8.29. The number of amides is 4. The third-order valence-corrected chi connectivity index (χ3v) is 5.20. The van der Waals surface area contributed by atoms with Gasteiger partial charge in [-0.3, -0.25) is 24.5 Å². The van der Waals surface area contributed by atoms with Crippen LogP contribution in [0.25, 0.3) is 0 Å². The van der Waals surface area contributed by atoms with Gasteiger partial charge in [-0.05, 0) is 37.7 Å². The smallest absolute Gasteiger partial charge is 0.410 e. The topological polar surface area (TPSA) is 137 Å². The van der Waals surface area contributed by atoms with Crippen LogP contribution in [0.4, 0.5) is 4.79 Å². The molecule has 1 aliphatic rings. The van der Waals surface area contributed by atoms with Crippen LogP contribution >= 0.6 is 0 Å². The zero-order valence-electron chi connectivity index (χ0n) is 18.7. The van der Waals surface area contributed by atoms with Gasteiger partial charge in [-0.15, -0.1) is 0 Å². The minimum Gasteiger partial charge on any atom is -0.445 e. The molecule has 10 heteroatoms. The van der Waals surface area contributed by atoms with Crippen molar-refractivity contribution < 1.29 is 29.1 Å². The van der Waals surface area contributed by atoms with Crippen LogP contribution in [-0.2, 0) is 25.7 Å². The van der Waals surface area contributed by atoms with Crippen molar-refractivity contribution in [2.45, 2.75) is 64.8 Å². The second-order valence-electron chi connectivity index (χ2n) is 8.29. The van der Waals surface area contributed by atoms with E-state index >= 15 is 0 Å². The summed E-state index contributed by atoms with van der Waals surface area (Å²) in [4.78, 5) is 51.0. The summed E-state index contributed by atoms with van der Waals surface area (Å²) in [6.45, 7) is 5.71. The molecule has 176 valence electrons. The molecule has 0 unspecified atom stereocenters. The van der Waals surface area contributed by atoms with Gasteiger partial charge in [0.05, 0.1) is 0 Å². The number of hydrogen-bond acceptors (Lipinski definition) is 6. The summed E-state index contributed by atoms with van der Waals surface area (Å²) in [5, 5.41) is 13.9. The predicted molar refractivity (Wildman–Crippen MR) is 115 cm³/mol. The van der Waals surface area contributed by atoms with E-state index in [-0.39, 0.29) is 12.5 Å². The molecule has 0 spiro atoms. The highest BCUT2D eigenvalue weighted by Crippen LogP contribution is 2.20. The molecule has 1 saturated heterocycles. The normalized spacial score (nSPS) is 17.4. The van der Waals surface area contributed by atoms with Gasteiger partial charge in [0.15, 0.2) is 0 Å². The van der Waals surface area contributed by atoms with Gasteiger partial charge in [-0.25, -0.2) is 10.3 Å². The van der Waals surface area contributed by atoms with Gasteiger partial charge in [0.1, 0.15) is 24.7 Å². The first-order chi connectivity index (χ1) is 15.2. The van der Waals surface area contributed by atoms with E-state index < -0.39 is 41.9 Å². The number of ether oxygens (including phenoxy) is 1. The van der Waals surface area contributed by atoms with Crippen LogP contribution in [0.1, 0.15) is 45.6 Å². The minimum atomic E-state index is -0.977. The molecule has 32 heavy (non-hydrogen) atoms. The lowest BCUT2D eigenvalue weighted by Gasteiger charge is -2.27. The van der Waals surface area contributed by atoms with Crippen molar-refractivity contribution >= 4 is 23.8 Å². The molecule has 4 amide bonds. The number of carbonyl (C=O) groups excluding carboxylic acids is 4. The van der Waals surface area contributed by atoms with Crippen molar-refractivity contribution in [2.75, 3.05) is 6.54 Å². The monoisotopic (exact) mass is 448 g/mol. The zero-order chi connectivity index (χ0) is 23.7. The van der Waals surface area contributed by atoms with Crippen LogP contribution in [0, 0.1) is 5.92 Å². The van der Waals surface area contributed by atoms with Crippen LogP contribution in [0.3, 0.4) is 0 Å². The van der Waals surface area contributed by atoms with E-state index in [2.05, 4.69) is 10.6 Å². The molecule has 0 radical (unpaired) electrons. The summed E-state index contributed by atoms with van der Waals surface area (Å²) >= 11 is 0. The molecule has 1 heterocycles. The Bertz CT molecular complexity index is 801. The molecule has 4 N–H and O–H groups in total. The Labute approximate surface area is 187 Å². The maximum absolute atomic E-state index is 12.9. The van der Waals surface area contributed by atoms with Gasteiger partial charge in [0.25, 0.3) is 5.91 Å². The Morgan fingerprint density at radius 3 is 2.41 bits per heavy atom. The number of hydrogen-bond donors (Lipinski definition) is 4. The van der Waals surface area contributed by atoms with Crippen molar-refractivity contribution in [3.05, 3.63) is 35.9 Å². The van der Waals surface area contributed by atoms with Gasteiger partial charge >= 0.3 is 6.09 Å². The van der Waals surface area contributed by atoms with E-state index in [9.17, 15) is 19.2 Å². The molecule has 3 atom stereocenters. The fourth-order valence-corrected chi connectivity index (χ4v) is 3.51. The van der Waals surface area contributed by atoms with Crippen molar-refractivity contribution in [2.24, 2.45) is 5.92 Å². The van der Waals surface area contributed by atoms with Gasteiger partial charge in [0, 0.05) is 6.54 Å². The van der Waals surface area contributed by atoms with Gasteiger partial charge in [-0.2, -0.15) is 0 Å². The summed E-state index contributed by atoms with van der Waals surface area (Å²) in [5.41, 5.74) is 2.32. The molecular weight excluding hydrogens is 416 g/mol. The lowest BCUT2D eigenvalue weighted by Crippen LogP contribution is -2.56. The predicted octanol–water partition coefficient (Wildman–Crippen LogP) is 1.33. The molecule has 0 aliphatic carbocycles. The highest BCUT2D eigenvalue weighted by molar-refractivity contribution is 5.93. The highest BCUT2D eigenvalue weighted by atomic mass is 16.6. The Hall–Kier alpha value is -3.14. The third kappa shape index (κ3) is 7.23. The molecule has 0 bridgehead atoms. The first-order valence-electron chi connectivity index (χ1n) is 10.7. The Morgan fingerprint density at radius 2 is 1.78 bits per heavy atom. The molecule has 0 saturated carbocycles. The number of carbonyl (C=O) groups is 4. The van der Waals surface area contributed by atoms with E-state index in [1.54, 1.807) is 0 Å². The lowest BCUT2D eigenvalue weighted by molar-refractivity contribution is -0.136. The van der Waals surface area contributed by atoms with Crippen molar-refractivity contribution in [1.29, 1.82) is 0 Å². The lowest BCUT2D eigenvalue weighted by atomic mass is 10.0. The molecule has 1 aromatic carbocycles. The summed E-state index contributed by atoms with van der Waals surface area (Å²) < 4.78 is 5.36. The number of likely N-dealkylation sites (tertiary alicyclic amines) is 1. The van der Waals surface area contributed by atoms with Crippen LogP contribution in [0.2, 0.25) is 0 Å². The molecule has 1 aliphatic heterocycles. The molecule has 1 fully saturated rings. The molecular formula is C22H32N4O6. The Balaban J connectivity index is 1.99. The summed E-state index contributed by atoms with van der Waals surface area (Å²) in [6.07, 6.45) is 0.874. The van der Waals surface area contributed by atoms with E-state index in [1.165, 1.54) is 17.3 Å². The molecule has 0 aromatic heterocycles. The zero-order valence-corrected chi connectivity index (χ0v) is 18.7. The molecule has 2 rings (SSSR count). The van der Waals surface area contributed by atoms with Crippen molar-refractivity contribution in [1.82, 2.24) is 21.0 Å². The maximum atomic E-state index is 12.9. The first kappa shape index (κ1) is 25.1. The largest absolute Gasteiger partial charge is 0.445 e. The second kappa shape index (κ2) is 12.0. The SMILES string of the molecule is CC(C)C[C@H](NC(=O)[C@@H]1CCCN1C(=O)OCc1ccccc1)C(=O)N[C@H](C)C(=O)NO. The van der Waals surface area contributed by atoms with Crippen molar-refractivity contribution in [3.8, 4) is 0 Å². The third-order valence-electron chi connectivity index (χ3n) is 5.20. The summed E-state index contributed by atoms with van der Waals surface area (Å²) in [6, 6.07) is 6.64. The van der Waals surface area contributed by atoms with Gasteiger partial charge in [-0.1, -0.05) is 44.2 Å². The fourth-order valence-electron chi connectivity index (χ4n) is 3.51. The van der Waals surface area contributed by atoms with E-state index in [0.717, 1.165) is 5.56 Å². The Morgan fingerprint density at radius 1 is 1.09 bits per heavy atom. The maximum Gasteiger partial charge on any atom is 0.410 e. The highest BCUT2D eigenvalue weighted by Gasteiger charge is 2.37. The number of hydroxylamine groups is 1. The minimum absolute atomic E-state index is 0.0866. The van der Waals surface area contributed by atoms with Crippen LogP contribution in [0.5, 0.6) is 0 Å². The molecule has 10 nitrogen and oxygen atoms in total. The summed E-state index contributed by atoms with van der Waals surface area (Å²) in [5.74, 6) is -1.67. The average Bonchev–Trinajstić information content (AvgIpc) is 3.27. The molecule has 1 aromatic rings. The number of rotatable bonds is 9. The quantitative estimate of drug-likeness (QED) is 0.332. The number of benzene rings is 1. The van der Waals surface area contributed by atoms with E-state index in [4.69, 9.17) is 9.94 Å². The van der Waals surface area contributed by atoms with Gasteiger partial charge < -0.3 is 15.4 Å². The van der Waals surface area contributed by atoms with Crippen LogP contribution < -0.4 is 16.1 Å². The van der Waals surface area contributed by atoms with E-state index in [0.29, 0.717) is 25.8 Å². The number of nitrogens with one attached hydrogen (secondary N) is 3. The van der Waals surface area contributed by atoms with E-state index in [1.807, 2.05) is 44.2 Å².